The number of benzene rings is 2. The first-order valence-electron chi connectivity index (χ1n) is 7.62. The smallest absolute Gasteiger partial charge is 0.319 e. The molecule has 6 heteroatoms. The zero-order valence-corrected chi connectivity index (χ0v) is 14.6. The van der Waals surface area contributed by atoms with Crippen molar-refractivity contribution < 1.29 is 9.59 Å². The van der Waals surface area contributed by atoms with Crippen molar-refractivity contribution in [2.45, 2.75) is 25.4 Å². The zero-order chi connectivity index (χ0) is 17.3. The second-order valence-electron chi connectivity index (χ2n) is 5.65. The van der Waals surface area contributed by atoms with Gasteiger partial charge in [0, 0.05) is 15.6 Å². The van der Waals surface area contributed by atoms with Crippen LogP contribution >= 0.6 is 23.2 Å². The standard InChI is InChI=1S/C18H16Cl2N2O2/c1-2-18(12-7-4-3-5-8-12)16(23)22(17(24)21-18)11-13-14(19)9-6-10-15(13)20/h3-10H,2,11H2,1H3,(H,21,24)/t18-/m0/s1. The number of urea groups is 1. The molecule has 2 aromatic carbocycles. The summed E-state index contributed by atoms with van der Waals surface area (Å²) in [4.78, 5) is 26.7. The van der Waals surface area contributed by atoms with Crippen LogP contribution in [0.3, 0.4) is 0 Å². The van der Waals surface area contributed by atoms with Crippen molar-refractivity contribution in [1.29, 1.82) is 0 Å². The molecule has 2 aromatic rings. The van der Waals surface area contributed by atoms with E-state index in [4.69, 9.17) is 23.2 Å². The van der Waals surface area contributed by atoms with Crippen LogP contribution in [0.4, 0.5) is 4.79 Å². The molecule has 1 atom stereocenters. The van der Waals surface area contributed by atoms with E-state index < -0.39 is 11.6 Å². The van der Waals surface area contributed by atoms with Crippen LogP contribution in [0.5, 0.6) is 0 Å². The molecular formula is C18H16Cl2N2O2. The van der Waals surface area contributed by atoms with Gasteiger partial charge in [-0.1, -0.05) is 66.5 Å². The van der Waals surface area contributed by atoms with E-state index in [1.165, 1.54) is 4.90 Å². The number of amides is 3. The van der Waals surface area contributed by atoms with Crippen LogP contribution in [0.1, 0.15) is 24.5 Å². The average Bonchev–Trinajstić information content (AvgIpc) is 2.83. The molecule has 0 aromatic heterocycles. The first kappa shape index (κ1) is 16.8. The number of hydrogen-bond acceptors (Lipinski definition) is 2. The molecule has 0 bridgehead atoms. The third-order valence-electron chi connectivity index (χ3n) is 4.35. The average molecular weight is 363 g/mol. The lowest BCUT2D eigenvalue weighted by atomic mass is 9.87. The largest absolute Gasteiger partial charge is 0.325 e. The van der Waals surface area contributed by atoms with E-state index in [0.717, 1.165) is 5.56 Å². The molecule has 0 spiro atoms. The molecular weight excluding hydrogens is 347 g/mol. The van der Waals surface area contributed by atoms with Crippen LogP contribution < -0.4 is 5.32 Å². The molecule has 1 N–H and O–H groups in total. The van der Waals surface area contributed by atoms with E-state index in [9.17, 15) is 9.59 Å². The Morgan fingerprint density at radius 1 is 1.00 bits per heavy atom. The van der Waals surface area contributed by atoms with Crippen LogP contribution in [0, 0.1) is 0 Å². The van der Waals surface area contributed by atoms with Gasteiger partial charge in [0.15, 0.2) is 0 Å². The quantitative estimate of drug-likeness (QED) is 0.821. The summed E-state index contributed by atoms with van der Waals surface area (Å²) < 4.78 is 0. The Morgan fingerprint density at radius 3 is 2.21 bits per heavy atom. The van der Waals surface area contributed by atoms with E-state index in [2.05, 4.69) is 5.32 Å². The first-order valence-corrected chi connectivity index (χ1v) is 8.37. The minimum Gasteiger partial charge on any atom is -0.319 e. The number of carbonyl (C=O) groups is 2. The number of halogens is 2. The topological polar surface area (TPSA) is 49.4 Å². The van der Waals surface area contributed by atoms with Crippen molar-refractivity contribution in [3.05, 3.63) is 69.7 Å². The molecule has 24 heavy (non-hydrogen) atoms. The second-order valence-corrected chi connectivity index (χ2v) is 6.46. The second kappa shape index (κ2) is 6.46. The number of imide groups is 1. The minimum atomic E-state index is -1.05. The van der Waals surface area contributed by atoms with Gasteiger partial charge in [0.2, 0.25) is 0 Å². The van der Waals surface area contributed by atoms with E-state index in [1.54, 1.807) is 18.2 Å². The van der Waals surface area contributed by atoms with Gasteiger partial charge in [-0.05, 0) is 24.1 Å². The van der Waals surface area contributed by atoms with E-state index >= 15 is 0 Å². The molecule has 1 heterocycles. The van der Waals surface area contributed by atoms with Crippen molar-refractivity contribution in [2.24, 2.45) is 0 Å². The molecule has 1 aliphatic heterocycles. The van der Waals surface area contributed by atoms with Crippen LogP contribution in [-0.4, -0.2) is 16.8 Å². The molecule has 3 amide bonds. The van der Waals surface area contributed by atoms with Crippen LogP contribution in [0.2, 0.25) is 10.0 Å². The Labute approximate surface area is 150 Å². The lowest BCUT2D eigenvalue weighted by Gasteiger charge is -2.25. The summed E-state index contributed by atoms with van der Waals surface area (Å²) in [6.45, 7) is 1.91. The number of nitrogens with zero attached hydrogens (tertiary/aromatic N) is 1. The first-order chi connectivity index (χ1) is 11.5. The Kier molecular flexibility index (Phi) is 4.52. The summed E-state index contributed by atoms with van der Waals surface area (Å²) in [6, 6.07) is 13.9. The molecule has 1 saturated heterocycles. The van der Waals surface area contributed by atoms with Crippen molar-refractivity contribution in [1.82, 2.24) is 10.2 Å². The van der Waals surface area contributed by atoms with Crippen molar-refractivity contribution in [3.8, 4) is 0 Å². The Bertz CT molecular complexity index is 775. The molecule has 4 nitrogen and oxygen atoms in total. The minimum absolute atomic E-state index is 0.0394. The molecule has 0 unspecified atom stereocenters. The number of nitrogens with one attached hydrogen (secondary N) is 1. The SMILES string of the molecule is CC[C@@]1(c2ccccc2)NC(=O)N(Cc2c(Cl)cccc2Cl)C1=O. The van der Waals surface area contributed by atoms with Gasteiger partial charge in [-0.3, -0.25) is 9.69 Å². The third kappa shape index (κ3) is 2.66. The molecule has 0 aliphatic carbocycles. The maximum Gasteiger partial charge on any atom is 0.325 e. The van der Waals surface area contributed by atoms with Gasteiger partial charge < -0.3 is 5.32 Å². The fraction of sp³-hybridized carbons (Fsp3) is 0.222. The van der Waals surface area contributed by atoms with Crippen LogP contribution in [0.15, 0.2) is 48.5 Å². The fourth-order valence-electron chi connectivity index (χ4n) is 2.97. The highest BCUT2D eigenvalue weighted by molar-refractivity contribution is 6.36. The fourth-order valence-corrected chi connectivity index (χ4v) is 3.49. The zero-order valence-electron chi connectivity index (χ0n) is 13.1. The third-order valence-corrected chi connectivity index (χ3v) is 5.06. The maximum absolute atomic E-state index is 13.1. The van der Waals surface area contributed by atoms with E-state index in [1.807, 2.05) is 37.3 Å². The highest BCUT2D eigenvalue weighted by Crippen LogP contribution is 2.34. The summed E-state index contributed by atoms with van der Waals surface area (Å²) in [7, 11) is 0. The summed E-state index contributed by atoms with van der Waals surface area (Å²) in [5, 5.41) is 3.70. The summed E-state index contributed by atoms with van der Waals surface area (Å²) in [5.41, 5.74) is 0.273. The van der Waals surface area contributed by atoms with Gasteiger partial charge in [-0.15, -0.1) is 0 Å². The number of rotatable bonds is 4. The summed E-state index contributed by atoms with van der Waals surface area (Å²) in [5.74, 6) is -0.294. The predicted octanol–water partition coefficient (Wildman–Crippen LogP) is 4.35. The van der Waals surface area contributed by atoms with Crippen molar-refractivity contribution in [2.75, 3.05) is 0 Å². The lowest BCUT2D eigenvalue weighted by Crippen LogP contribution is -2.43. The Hall–Kier alpha value is -2.04. The summed E-state index contributed by atoms with van der Waals surface area (Å²) >= 11 is 12.3. The van der Waals surface area contributed by atoms with Gasteiger partial charge in [0.1, 0.15) is 5.54 Å². The molecule has 0 saturated carbocycles. The van der Waals surface area contributed by atoms with Crippen molar-refractivity contribution in [3.63, 3.8) is 0 Å². The summed E-state index contributed by atoms with van der Waals surface area (Å²) in [6.07, 6.45) is 0.453. The highest BCUT2D eigenvalue weighted by atomic mass is 35.5. The molecule has 3 rings (SSSR count). The van der Waals surface area contributed by atoms with Crippen LogP contribution in [-0.2, 0) is 16.9 Å². The normalized spacial score (nSPS) is 20.4. The molecule has 124 valence electrons. The van der Waals surface area contributed by atoms with Crippen molar-refractivity contribution >= 4 is 35.1 Å². The predicted molar refractivity (Wildman–Crippen MR) is 94.0 cm³/mol. The van der Waals surface area contributed by atoms with Gasteiger partial charge in [-0.25, -0.2) is 4.79 Å². The van der Waals surface area contributed by atoms with Gasteiger partial charge in [0.25, 0.3) is 5.91 Å². The number of hydrogen-bond donors (Lipinski definition) is 1. The van der Waals surface area contributed by atoms with Gasteiger partial charge >= 0.3 is 6.03 Å². The number of carbonyl (C=O) groups excluding carboxylic acids is 2. The van der Waals surface area contributed by atoms with Gasteiger partial charge in [0.05, 0.1) is 6.54 Å². The maximum atomic E-state index is 13.1. The molecule has 1 fully saturated rings. The molecule has 0 radical (unpaired) electrons. The lowest BCUT2D eigenvalue weighted by molar-refractivity contribution is -0.132. The van der Waals surface area contributed by atoms with E-state index in [-0.39, 0.29) is 12.5 Å². The Morgan fingerprint density at radius 2 is 1.62 bits per heavy atom. The van der Waals surface area contributed by atoms with E-state index in [0.29, 0.717) is 22.0 Å². The van der Waals surface area contributed by atoms with Gasteiger partial charge in [-0.2, -0.15) is 0 Å². The Balaban J connectivity index is 1.97. The monoisotopic (exact) mass is 362 g/mol. The molecule has 1 aliphatic rings. The van der Waals surface area contributed by atoms with Crippen LogP contribution in [0.25, 0.3) is 0 Å². The highest BCUT2D eigenvalue weighted by Gasteiger charge is 2.51.